The zero-order chi connectivity index (χ0) is 15.5. The second-order valence-corrected chi connectivity index (χ2v) is 5.65. The Kier molecular flexibility index (Phi) is 4.19. The first-order chi connectivity index (χ1) is 9.94. The SMILES string of the molecule is COc1cc(CNS(=O)(=O)c2[nH]ncc2C(=O)O)ccn1. The average Bonchev–Trinajstić information content (AvgIpc) is 2.96. The number of rotatable bonds is 6. The summed E-state index contributed by atoms with van der Waals surface area (Å²) in [4.78, 5) is 14.8. The van der Waals surface area contributed by atoms with Crippen molar-refractivity contribution in [2.45, 2.75) is 11.6 Å². The summed E-state index contributed by atoms with van der Waals surface area (Å²) >= 11 is 0. The van der Waals surface area contributed by atoms with Crippen molar-refractivity contribution in [2.75, 3.05) is 7.11 Å². The van der Waals surface area contributed by atoms with Crippen LogP contribution in [-0.2, 0) is 16.6 Å². The quantitative estimate of drug-likeness (QED) is 0.682. The Morgan fingerprint density at radius 1 is 1.52 bits per heavy atom. The summed E-state index contributed by atoms with van der Waals surface area (Å²) in [6, 6.07) is 3.17. The van der Waals surface area contributed by atoms with Gasteiger partial charge < -0.3 is 9.84 Å². The van der Waals surface area contributed by atoms with Crippen molar-refractivity contribution >= 4 is 16.0 Å². The fraction of sp³-hybridized carbons (Fsp3) is 0.182. The van der Waals surface area contributed by atoms with Crippen molar-refractivity contribution < 1.29 is 23.1 Å². The van der Waals surface area contributed by atoms with E-state index in [1.54, 1.807) is 12.1 Å². The first-order valence-corrected chi connectivity index (χ1v) is 7.17. The lowest BCUT2D eigenvalue weighted by atomic mass is 10.3. The third-order valence-corrected chi connectivity index (χ3v) is 3.95. The predicted molar refractivity (Wildman–Crippen MR) is 70.4 cm³/mol. The molecule has 0 aliphatic carbocycles. The summed E-state index contributed by atoms with van der Waals surface area (Å²) in [7, 11) is -2.58. The van der Waals surface area contributed by atoms with Crippen molar-refractivity contribution in [3.05, 3.63) is 35.7 Å². The largest absolute Gasteiger partial charge is 0.481 e. The standard InChI is InChI=1S/C11H12N4O5S/c1-20-9-4-7(2-3-12-9)5-14-21(18,19)10-8(11(16)17)6-13-15-10/h2-4,6,14H,5H2,1H3,(H,13,15)(H,16,17). The molecule has 3 N–H and O–H groups in total. The van der Waals surface area contributed by atoms with E-state index in [0.29, 0.717) is 11.4 Å². The summed E-state index contributed by atoms with van der Waals surface area (Å²) in [6.45, 7) is -0.0424. The molecular formula is C11H12N4O5S. The Labute approximate surface area is 120 Å². The number of methoxy groups -OCH3 is 1. The molecular weight excluding hydrogens is 300 g/mol. The van der Waals surface area contributed by atoms with E-state index >= 15 is 0 Å². The van der Waals surface area contributed by atoms with Crippen molar-refractivity contribution in [3.8, 4) is 5.88 Å². The van der Waals surface area contributed by atoms with E-state index in [1.165, 1.54) is 13.3 Å². The summed E-state index contributed by atoms with van der Waals surface area (Å²) in [6.07, 6.45) is 2.41. The Morgan fingerprint density at radius 2 is 2.29 bits per heavy atom. The third kappa shape index (κ3) is 3.35. The Bertz CT molecular complexity index is 755. The van der Waals surface area contributed by atoms with Crippen LogP contribution in [-0.4, -0.2) is 41.8 Å². The second-order valence-electron chi connectivity index (χ2n) is 3.95. The molecule has 10 heteroatoms. The Hall–Kier alpha value is -2.46. The van der Waals surface area contributed by atoms with Gasteiger partial charge in [0.25, 0.3) is 10.0 Å². The minimum Gasteiger partial charge on any atom is -0.481 e. The first-order valence-electron chi connectivity index (χ1n) is 5.69. The van der Waals surface area contributed by atoms with Crippen LogP contribution in [0.3, 0.4) is 0 Å². The number of aromatic amines is 1. The summed E-state index contributed by atoms with van der Waals surface area (Å²) in [5.74, 6) is -1.03. The molecule has 0 bridgehead atoms. The average molecular weight is 312 g/mol. The molecule has 2 heterocycles. The van der Waals surface area contributed by atoms with Gasteiger partial charge in [0.2, 0.25) is 5.88 Å². The van der Waals surface area contributed by atoms with Crippen LogP contribution in [0, 0.1) is 0 Å². The molecule has 0 aliphatic heterocycles. The third-order valence-electron chi connectivity index (χ3n) is 2.58. The zero-order valence-corrected chi connectivity index (χ0v) is 11.7. The van der Waals surface area contributed by atoms with E-state index in [-0.39, 0.29) is 6.54 Å². The van der Waals surface area contributed by atoms with Gasteiger partial charge in [0.05, 0.1) is 13.3 Å². The number of pyridine rings is 1. The van der Waals surface area contributed by atoms with Crippen LogP contribution >= 0.6 is 0 Å². The molecule has 2 rings (SSSR count). The normalized spacial score (nSPS) is 11.3. The Morgan fingerprint density at radius 3 is 2.95 bits per heavy atom. The lowest BCUT2D eigenvalue weighted by Gasteiger charge is -2.06. The molecule has 0 saturated heterocycles. The monoisotopic (exact) mass is 312 g/mol. The molecule has 0 radical (unpaired) electrons. The lowest BCUT2D eigenvalue weighted by Crippen LogP contribution is -2.25. The highest BCUT2D eigenvalue weighted by molar-refractivity contribution is 7.89. The maximum Gasteiger partial charge on any atom is 0.340 e. The number of sulfonamides is 1. The second kappa shape index (κ2) is 5.89. The van der Waals surface area contributed by atoms with E-state index in [1.807, 2.05) is 0 Å². The van der Waals surface area contributed by atoms with Crippen LogP contribution in [0.1, 0.15) is 15.9 Å². The number of aromatic nitrogens is 3. The molecule has 0 unspecified atom stereocenters. The van der Waals surface area contributed by atoms with E-state index in [9.17, 15) is 13.2 Å². The van der Waals surface area contributed by atoms with Gasteiger partial charge in [-0.3, -0.25) is 5.10 Å². The topological polar surface area (TPSA) is 134 Å². The minimum atomic E-state index is -4.02. The first kappa shape index (κ1) is 14.9. The molecule has 0 fully saturated rings. The number of nitrogens with one attached hydrogen (secondary N) is 2. The molecule has 0 saturated carbocycles. The fourth-order valence-corrected chi connectivity index (χ4v) is 2.66. The van der Waals surface area contributed by atoms with Crippen molar-refractivity contribution in [1.29, 1.82) is 0 Å². The molecule has 0 aliphatic rings. The van der Waals surface area contributed by atoms with Gasteiger partial charge >= 0.3 is 5.97 Å². The number of ether oxygens (including phenoxy) is 1. The van der Waals surface area contributed by atoms with Gasteiger partial charge in [0.1, 0.15) is 5.56 Å². The van der Waals surface area contributed by atoms with Crippen LogP contribution in [0.25, 0.3) is 0 Å². The van der Waals surface area contributed by atoms with E-state index in [4.69, 9.17) is 9.84 Å². The molecule has 112 valence electrons. The van der Waals surface area contributed by atoms with Crippen molar-refractivity contribution in [3.63, 3.8) is 0 Å². The zero-order valence-electron chi connectivity index (χ0n) is 10.9. The molecule has 0 spiro atoms. The van der Waals surface area contributed by atoms with Crippen LogP contribution in [0.2, 0.25) is 0 Å². The molecule has 2 aromatic heterocycles. The highest BCUT2D eigenvalue weighted by Gasteiger charge is 2.24. The minimum absolute atomic E-state index is 0.0424. The molecule has 0 atom stereocenters. The van der Waals surface area contributed by atoms with Crippen LogP contribution in [0.4, 0.5) is 0 Å². The summed E-state index contributed by atoms with van der Waals surface area (Å²) in [5.41, 5.74) is 0.191. The fourth-order valence-electron chi connectivity index (χ4n) is 1.55. The predicted octanol–water partition coefficient (Wildman–Crippen LogP) is -0.0100. The van der Waals surface area contributed by atoms with E-state index in [2.05, 4.69) is 19.9 Å². The molecule has 0 amide bonds. The van der Waals surface area contributed by atoms with Gasteiger partial charge in [0, 0.05) is 18.8 Å². The number of hydrogen-bond acceptors (Lipinski definition) is 6. The molecule has 21 heavy (non-hydrogen) atoms. The van der Waals surface area contributed by atoms with Gasteiger partial charge in [-0.1, -0.05) is 0 Å². The van der Waals surface area contributed by atoms with Gasteiger partial charge in [-0.25, -0.2) is 22.9 Å². The molecule has 2 aromatic rings. The van der Waals surface area contributed by atoms with Gasteiger partial charge in [-0.15, -0.1) is 0 Å². The molecule has 9 nitrogen and oxygen atoms in total. The smallest absolute Gasteiger partial charge is 0.340 e. The molecule has 0 aromatic carbocycles. The van der Waals surface area contributed by atoms with Gasteiger partial charge in [-0.2, -0.15) is 5.10 Å². The van der Waals surface area contributed by atoms with Gasteiger partial charge in [0.15, 0.2) is 5.03 Å². The maximum atomic E-state index is 12.1. The highest BCUT2D eigenvalue weighted by atomic mass is 32.2. The maximum absolute atomic E-state index is 12.1. The lowest BCUT2D eigenvalue weighted by molar-refractivity contribution is 0.0692. The van der Waals surface area contributed by atoms with Crippen molar-refractivity contribution in [2.24, 2.45) is 0 Å². The van der Waals surface area contributed by atoms with Crippen LogP contribution in [0.15, 0.2) is 29.6 Å². The summed E-state index contributed by atoms with van der Waals surface area (Å²) in [5, 5.41) is 14.0. The number of carbonyl (C=O) groups is 1. The van der Waals surface area contributed by atoms with E-state index in [0.717, 1.165) is 6.20 Å². The van der Waals surface area contributed by atoms with E-state index < -0.39 is 26.6 Å². The number of H-pyrrole nitrogens is 1. The van der Waals surface area contributed by atoms with Crippen LogP contribution in [0.5, 0.6) is 5.88 Å². The number of hydrogen-bond donors (Lipinski definition) is 3. The van der Waals surface area contributed by atoms with Crippen molar-refractivity contribution in [1.82, 2.24) is 19.9 Å². The number of aromatic carboxylic acids is 1. The Balaban J connectivity index is 2.18. The highest BCUT2D eigenvalue weighted by Crippen LogP contribution is 2.13. The number of carboxylic acid groups (broad SMARTS) is 1. The number of carboxylic acids is 1. The number of nitrogens with zero attached hydrogens (tertiary/aromatic N) is 2. The van der Waals surface area contributed by atoms with Crippen LogP contribution < -0.4 is 9.46 Å². The van der Waals surface area contributed by atoms with Gasteiger partial charge in [-0.05, 0) is 11.6 Å². The summed E-state index contributed by atoms with van der Waals surface area (Å²) < 4.78 is 31.3.